The summed E-state index contributed by atoms with van der Waals surface area (Å²) >= 11 is 0. The molecule has 0 radical (unpaired) electrons. The molecule has 1 saturated heterocycles. The van der Waals surface area contributed by atoms with Crippen LogP contribution in [0.5, 0.6) is 0 Å². The maximum atomic E-state index is 11.7. The van der Waals surface area contributed by atoms with Crippen LogP contribution in [0.3, 0.4) is 0 Å². The first kappa shape index (κ1) is 13.1. The molecule has 100 valence electrons. The van der Waals surface area contributed by atoms with E-state index in [-0.39, 0.29) is 6.04 Å². The number of likely N-dealkylation sites (tertiary alicyclic amines) is 1. The highest BCUT2D eigenvalue weighted by Gasteiger charge is 2.48. The van der Waals surface area contributed by atoms with Crippen molar-refractivity contribution in [3.05, 3.63) is 24.2 Å². The summed E-state index contributed by atoms with van der Waals surface area (Å²) in [6.45, 7) is 4.95. The van der Waals surface area contributed by atoms with Gasteiger partial charge < -0.3 is 9.52 Å². The number of carboxylic acid groups (broad SMARTS) is 1. The molecule has 2 rings (SSSR count). The summed E-state index contributed by atoms with van der Waals surface area (Å²) in [5.74, 6) is -0.683. The van der Waals surface area contributed by atoms with Crippen LogP contribution in [0, 0.1) is 0 Å². The fourth-order valence-electron chi connectivity index (χ4n) is 3.18. The van der Waals surface area contributed by atoms with Gasteiger partial charge in [-0.15, -0.1) is 0 Å². The van der Waals surface area contributed by atoms with E-state index in [1.165, 1.54) is 0 Å². The number of rotatable bonds is 5. The van der Waals surface area contributed by atoms with Crippen LogP contribution in [0.1, 0.15) is 51.1 Å². The Labute approximate surface area is 108 Å². The topological polar surface area (TPSA) is 53.7 Å². The summed E-state index contributed by atoms with van der Waals surface area (Å²) in [6.07, 6.45) is 6.66. The van der Waals surface area contributed by atoms with Crippen LogP contribution in [0.2, 0.25) is 0 Å². The van der Waals surface area contributed by atoms with E-state index in [1.807, 2.05) is 13.0 Å². The lowest BCUT2D eigenvalue weighted by atomic mass is 9.89. The van der Waals surface area contributed by atoms with Crippen molar-refractivity contribution in [2.45, 2.75) is 51.1 Å². The first-order valence-electron chi connectivity index (χ1n) is 6.64. The Morgan fingerprint density at radius 1 is 1.67 bits per heavy atom. The summed E-state index contributed by atoms with van der Waals surface area (Å²) in [5.41, 5.74) is 0.365. The van der Waals surface area contributed by atoms with E-state index < -0.39 is 11.5 Å². The Morgan fingerprint density at radius 2 is 2.44 bits per heavy atom. The molecule has 1 aromatic rings. The summed E-state index contributed by atoms with van der Waals surface area (Å²) in [6, 6.07) is 2.01. The van der Waals surface area contributed by atoms with Crippen molar-refractivity contribution in [2.75, 3.05) is 6.54 Å². The number of hydrogen-bond donors (Lipinski definition) is 1. The molecule has 2 atom stereocenters. The van der Waals surface area contributed by atoms with Crippen LogP contribution in [0.15, 0.2) is 23.0 Å². The van der Waals surface area contributed by atoms with Crippen molar-refractivity contribution < 1.29 is 14.3 Å². The molecule has 4 heteroatoms. The quantitative estimate of drug-likeness (QED) is 0.873. The smallest absolute Gasteiger partial charge is 0.324 e. The van der Waals surface area contributed by atoms with Gasteiger partial charge in [0.1, 0.15) is 5.54 Å². The molecule has 18 heavy (non-hydrogen) atoms. The van der Waals surface area contributed by atoms with E-state index in [9.17, 15) is 9.90 Å². The van der Waals surface area contributed by atoms with Gasteiger partial charge in [0.25, 0.3) is 0 Å². The van der Waals surface area contributed by atoms with Crippen molar-refractivity contribution in [1.29, 1.82) is 0 Å². The van der Waals surface area contributed by atoms with Crippen LogP contribution in [0.25, 0.3) is 0 Å². The lowest BCUT2D eigenvalue weighted by molar-refractivity contribution is -0.151. The fourth-order valence-corrected chi connectivity index (χ4v) is 3.18. The predicted octanol–water partition coefficient (Wildman–Crippen LogP) is 3.06. The minimum absolute atomic E-state index is 0.0916. The number of hydrogen-bond acceptors (Lipinski definition) is 3. The molecule has 0 bridgehead atoms. The second-order valence-electron chi connectivity index (χ2n) is 5.12. The second-order valence-corrected chi connectivity index (χ2v) is 5.12. The third-order valence-electron chi connectivity index (χ3n) is 4.09. The molecule has 1 aliphatic heterocycles. The zero-order valence-electron chi connectivity index (χ0n) is 11.1. The molecule has 0 amide bonds. The van der Waals surface area contributed by atoms with Gasteiger partial charge >= 0.3 is 5.97 Å². The molecular formula is C14H21NO3. The Balaban J connectivity index is 2.27. The van der Waals surface area contributed by atoms with E-state index in [1.54, 1.807) is 12.5 Å². The summed E-state index contributed by atoms with van der Waals surface area (Å²) in [7, 11) is 0. The van der Waals surface area contributed by atoms with Gasteiger partial charge in [-0.2, -0.15) is 0 Å². The average Bonchev–Trinajstić information content (AvgIpc) is 2.98. The van der Waals surface area contributed by atoms with Gasteiger partial charge in [0.2, 0.25) is 0 Å². The zero-order valence-corrected chi connectivity index (χ0v) is 11.1. The molecule has 1 aromatic heterocycles. The van der Waals surface area contributed by atoms with Gasteiger partial charge in [0, 0.05) is 11.6 Å². The summed E-state index contributed by atoms with van der Waals surface area (Å²) in [5, 5.41) is 9.65. The number of carboxylic acids is 1. The van der Waals surface area contributed by atoms with Crippen molar-refractivity contribution in [3.8, 4) is 0 Å². The molecule has 0 aromatic carbocycles. The number of furan rings is 1. The first-order valence-corrected chi connectivity index (χ1v) is 6.64. The monoisotopic (exact) mass is 251 g/mol. The van der Waals surface area contributed by atoms with E-state index in [0.717, 1.165) is 31.4 Å². The Hall–Kier alpha value is -1.29. The maximum Gasteiger partial charge on any atom is 0.324 e. The molecule has 1 aliphatic rings. The SMILES string of the molecule is CCCC1(C(=O)O)CCCN1C(C)c1ccoc1. The second kappa shape index (κ2) is 5.14. The highest BCUT2D eigenvalue weighted by atomic mass is 16.4. The lowest BCUT2D eigenvalue weighted by Gasteiger charge is -2.38. The van der Waals surface area contributed by atoms with E-state index in [2.05, 4.69) is 11.8 Å². The van der Waals surface area contributed by atoms with Gasteiger partial charge in [0.15, 0.2) is 0 Å². The molecule has 0 saturated carbocycles. The van der Waals surface area contributed by atoms with Crippen molar-refractivity contribution in [1.82, 2.24) is 4.90 Å². The number of aliphatic carboxylic acids is 1. The predicted molar refractivity (Wildman–Crippen MR) is 68.3 cm³/mol. The third-order valence-corrected chi connectivity index (χ3v) is 4.09. The van der Waals surface area contributed by atoms with Crippen molar-refractivity contribution in [2.24, 2.45) is 0 Å². The van der Waals surface area contributed by atoms with Crippen LogP contribution >= 0.6 is 0 Å². The Morgan fingerprint density at radius 3 is 3.00 bits per heavy atom. The molecule has 0 aliphatic carbocycles. The minimum Gasteiger partial charge on any atom is -0.480 e. The Kier molecular flexibility index (Phi) is 3.76. The molecule has 0 spiro atoms. The highest BCUT2D eigenvalue weighted by molar-refractivity contribution is 5.79. The van der Waals surface area contributed by atoms with Gasteiger partial charge in [-0.25, -0.2) is 0 Å². The van der Waals surface area contributed by atoms with E-state index in [4.69, 9.17) is 4.42 Å². The van der Waals surface area contributed by atoms with Gasteiger partial charge in [-0.05, 0) is 38.8 Å². The molecule has 2 heterocycles. The largest absolute Gasteiger partial charge is 0.480 e. The van der Waals surface area contributed by atoms with Gasteiger partial charge in [-0.3, -0.25) is 9.69 Å². The molecular weight excluding hydrogens is 230 g/mol. The minimum atomic E-state index is -0.689. The highest BCUT2D eigenvalue weighted by Crippen LogP contribution is 2.40. The van der Waals surface area contributed by atoms with Crippen LogP contribution in [-0.2, 0) is 4.79 Å². The summed E-state index contributed by atoms with van der Waals surface area (Å²) in [4.78, 5) is 13.9. The van der Waals surface area contributed by atoms with Crippen LogP contribution in [-0.4, -0.2) is 28.1 Å². The number of nitrogens with zero attached hydrogens (tertiary/aromatic N) is 1. The van der Waals surface area contributed by atoms with Crippen LogP contribution < -0.4 is 0 Å². The fraction of sp³-hybridized carbons (Fsp3) is 0.643. The molecule has 2 unspecified atom stereocenters. The standard InChI is InChI=1S/C14H21NO3/c1-3-6-14(13(16)17)7-4-8-15(14)11(2)12-5-9-18-10-12/h5,9-11H,3-4,6-8H2,1-2H3,(H,16,17). The zero-order chi connectivity index (χ0) is 13.2. The average molecular weight is 251 g/mol. The lowest BCUT2D eigenvalue weighted by Crippen LogP contribution is -2.51. The number of carbonyl (C=O) groups is 1. The van der Waals surface area contributed by atoms with Crippen LogP contribution in [0.4, 0.5) is 0 Å². The third kappa shape index (κ3) is 2.05. The Bertz CT molecular complexity index is 401. The molecule has 1 N–H and O–H groups in total. The maximum absolute atomic E-state index is 11.7. The van der Waals surface area contributed by atoms with Gasteiger partial charge in [-0.1, -0.05) is 13.3 Å². The molecule has 4 nitrogen and oxygen atoms in total. The van der Waals surface area contributed by atoms with E-state index in [0.29, 0.717) is 6.42 Å². The van der Waals surface area contributed by atoms with Gasteiger partial charge in [0.05, 0.1) is 12.5 Å². The van der Waals surface area contributed by atoms with E-state index >= 15 is 0 Å². The summed E-state index contributed by atoms with van der Waals surface area (Å²) < 4.78 is 5.11. The van der Waals surface area contributed by atoms with Crippen molar-refractivity contribution >= 4 is 5.97 Å². The van der Waals surface area contributed by atoms with Crippen molar-refractivity contribution in [3.63, 3.8) is 0 Å². The first-order chi connectivity index (χ1) is 8.62. The normalized spacial score (nSPS) is 26.3. The molecule has 1 fully saturated rings.